The lowest BCUT2D eigenvalue weighted by molar-refractivity contribution is -0.384. The van der Waals surface area contributed by atoms with Gasteiger partial charge in [0, 0.05) is 25.2 Å². The Balaban J connectivity index is 2.02. The molecule has 0 spiro atoms. The molecular weight excluding hydrogens is 320 g/mol. The number of methoxy groups -OCH3 is 1. The van der Waals surface area contributed by atoms with E-state index in [-0.39, 0.29) is 5.69 Å². The number of guanidine groups is 1. The maximum atomic E-state index is 10.8. The number of nitrogens with zero attached hydrogens (tertiary/aromatic N) is 2. The fraction of sp³-hybridized carbons (Fsp3) is 0.278. The van der Waals surface area contributed by atoms with E-state index in [1.54, 1.807) is 13.2 Å². The highest BCUT2D eigenvalue weighted by atomic mass is 16.6. The van der Waals surface area contributed by atoms with Crippen LogP contribution in [0.3, 0.4) is 0 Å². The Hall–Kier alpha value is -3.09. The Morgan fingerprint density at radius 3 is 2.64 bits per heavy atom. The molecule has 0 unspecified atom stereocenters. The number of ether oxygens (including phenoxy) is 1. The van der Waals surface area contributed by atoms with E-state index in [0.29, 0.717) is 19.0 Å². The van der Waals surface area contributed by atoms with Crippen LogP contribution < -0.4 is 15.4 Å². The van der Waals surface area contributed by atoms with Crippen molar-refractivity contribution in [3.05, 3.63) is 69.8 Å². The van der Waals surface area contributed by atoms with Gasteiger partial charge in [-0.25, -0.2) is 4.99 Å². The Kier molecular flexibility index (Phi) is 6.76. The monoisotopic (exact) mass is 342 g/mol. The van der Waals surface area contributed by atoms with Crippen molar-refractivity contribution in [2.75, 3.05) is 13.7 Å². The lowest BCUT2D eigenvalue weighted by Crippen LogP contribution is -2.36. The SMILES string of the molecule is CCNC(=NCc1cccc([N+](=O)[O-])c1)NCc1cccc(OC)c1. The van der Waals surface area contributed by atoms with Gasteiger partial charge >= 0.3 is 0 Å². The van der Waals surface area contributed by atoms with Crippen LogP contribution in [0, 0.1) is 10.1 Å². The van der Waals surface area contributed by atoms with Crippen molar-refractivity contribution in [1.29, 1.82) is 0 Å². The van der Waals surface area contributed by atoms with Gasteiger partial charge in [-0.2, -0.15) is 0 Å². The summed E-state index contributed by atoms with van der Waals surface area (Å²) in [6.45, 7) is 3.65. The van der Waals surface area contributed by atoms with E-state index >= 15 is 0 Å². The Morgan fingerprint density at radius 2 is 1.92 bits per heavy atom. The number of benzene rings is 2. The fourth-order valence-electron chi connectivity index (χ4n) is 2.25. The van der Waals surface area contributed by atoms with Crippen LogP contribution in [0.15, 0.2) is 53.5 Å². The third kappa shape index (κ3) is 5.80. The predicted octanol–water partition coefficient (Wildman–Crippen LogP) is 2.86. The predicted molar refractivity (Wildman–Crippen MR) is 97.7 cm³/mol. The minimum absolute atomic E-state index is 0.0713. The van der Waals surface area contributed by atoms with Gasteiger partial charge in [0.2, 0.25) is 0 Å². The zero-order valence-corrected chi connectivity index (χ0v) is 14.4. The summed E-state index contributed by atoms with van der Waals surface area (Å²) >= 11 is 0. The molecule has 2 aromatic rings. The number of hydrogen-bond donors (Lipinski definition) is 2. The summed E-state index contributed by atoms with van der Waals surface area (Å²) in [5.74, 6) is 1.45. The molecule has 0 saturated heterocycles. The maximum absolute atomic E-state index is 10.8. The summed E-state index contributed by atoms with van der Waals surface area (Å²) in [5, 5.41) is 17.2. The number of nitrogens with one attached hydrogen (secondary N) is 2. The highest BCUT2D eigenvalue weighted by Crippen LogP contribution is 2.14. The summed E-state index contributed by atoms with van der Waals surface area (Å²) < 4.78 is 5.22. The van der Waals surface area contributed by atoms with Crippen LogP contribution in [0.1, 0.15) is 18.1 Å². The molecule has 2 N–H and O–H groups in total. The average molecular weight is 342 g/mol. The molecule has 0 aliphatic carbocycles. The summed E-state index contributed by atoms with van der Waals surface area (Å²) in [7, 11) is 1.64. The zero-order valence-electron chi connectivity index (χ0n) is 14.4. The number of aliphatic imine (C=N–C) groups is 1. The van der Waals surface area contributed by atoms with Crippen molar-refractivity contribution in [2.45, 2.75) is 20.0 Å². The van der Waals surface area contributed by atoms with Gasteiger partial charge in [-0.15, -0.1) is 0 Å². The summed E-state index contributed by atoms with van der Waals surface area (Å²) in [4.78, 5) is 14.9. The Bertz CT molecular complexity index is 747. The standard InChI is InChI=1S/C18H22N4O3/c1-3-19-18(21-13-15-7-5-9-17(11-15)25-2)20-12-14-6-4-8-16(10-14)22(23)24/h4-11H,3,12-13H2,1-2H3,(H2,19,20,21). The second kappa shape index (κ2) is 9.27. The van der Waals surface area contributed by atoms with Crippen molar-refractivity contribution in [3.63, 3.8) is 0 Å². The third-order valence-electron chi connectivity index (χ3n) is 3.48. The second-order valence-electron chi connectivity index (χ2n) is 5.33. The molecule has 2 aromatic carbocycles. The van der Waals surface area contributed by atoms with Gasteiger partial charge in [0.1, 0.15) is 5.75 Å². The number of nitro groups is 1. The largest absolute Gasteiger partial charge is 0.497 e. The van der Waals surface area contributed by atoms with Crippen LogP contribution in [0.5, 0.6) is 5.75 Å². The van der Waals surface area contributed by atoms with E-state index in [0.717, 1.165) is 23.4 Å². The molecule has 0 heterocycles. The van der Waals surface area contributed by atoms with Crippen LogP contribution in [0.4, 0.5) is 5.69 Å². The van der Waals surface area contributed by atoms with Crippen molar-refractivity contribution in [2.24, 2.45) is 4.99 Å². The highest BCUT2D eigenvalue weighted by molar-refractivity contribution is 5.79. The first-order valence-corrected chi connectivity index (χ1v) is 8.01. The molecule has 0 atom stereocenters. The van der Waals surface area contributed by atoms with E-state index in [1.165, 1.54) is 12.1 Å². The molecule has 0 saturated carbocycles. The molecule has 0 fully saturated rings. The summed E-state index contributed by atoms with van der Waals surface area (Å²) in [6, 6.07) is 14.3. The van der Waals surface area contributed by atoms with Gasteiger partial charge in [0.05, 0.1) is 18.6 Å². The van der Waals surface area contributed by atoms with Crippen LogP contribution in [-0.4, -0.2) is 24.5 Å². The van der Waals surface area contributed by atoms with Gasteiger partial charge in [-0.1, -0.05) is 24.3 Å². The quantitative estimate of drug-likeness (QED) is 0.349. The average Bonchev–Trinajstić information content (AvgIpc) is 2.64. The molecule has 0 amide bonds. The van der Waals surface area contributed by atoms with Crippen molar-refractivity contribution >= 4 is 11.6 Å². The first kappa shape index (κ1) is 18.3. The second-order valence-corrected chi connectivity index (χ2v) is 5.33. The van der Waals surface area contributed by atoms with E-state index in [9.17, 15) is 10.1 Å². The minimum atomic E-state index is -0.403. The summed E-state index contributed by atoms with van der Waals surface area (Å²) in [6.07, 6.45) is 0. The molecule has 0 aliphatic rings. The first-order valence-electron chi connectivity index (χ1n) is 8.01. The number of hydrogen-bond acceptors (Lipinski definition) is 4. The molecule has 7 nitrogen and oxygen atoms in total. The zero-order chi connectivity index (χ0) is 18.1. The molecule has 7 heteroatoms. The van der Waals surface area contributed by atoms with Crippen LogP contribution in [0.25, 0.3) is 0 Å². The normalized spacial score (nSPS) is 11.0. The molecule has 25 heavy (non-hydrogen) atoms. The van der Waals surface area contributed by atoms with Crippen molar-refractivity contribution in [1.82, 2.24) is 10.6 Å². The fourth-order valence-corrected chi connectivity index (χ4v) is 2.25. The highest BCUT2D eigenvalue weighted by Gasteiger charge is 2.05. The topological polar surface area (TPSA) is 88.8 Å². The van der Waals surface area contributed by atoms with E-state index < -0.39 is 4.92 Å². The van der Waals surface area contributed by atoms with E-state index in [4.69, 9.17) is 4.74 Å². The van der Waals surface area contributed by atoms with Gasteiger partial charge in [-0.3, -0.25) is 10.1 Å². The van der Waals surface area contributed by atoms with Crippen molar-refractivity contribution < 1.29 is 9.66 Å². The third-order valence-corrected chi connectivity index (χ3v) is 3.48. The smallest absolute Gasteiger partial charge is 0.269 e. The number of rotatable bonds is 7. The molecule has 0 aromatic heterocycles. The lowest BCUT2D eigenvalue weighted by atomic mass is 10.2. The van der Waals surface area contributed by atoms with Crippen LogP contribution >= 0.6 is 0 Å². The minimum Gasteiger partial charge on any atom is -0.497 e. The van der Waals surface area contributed by atoms with Gasteiger partial charge in [0.25, 0.3) is 5.69 Å². The van der Waals surface area contributed by atoms with E-state index in [2.05, 4.69) is 15.6 Å². The molecular formula is C18H22N4O3. The number of non-ortho nitro benzene ring substituents is 1. The molecule has 0 bridgehead atoms. The molecule has 0 radical (unpaired) electrons. The first-order chi connectivity index (χ1) is 12.1. The van der Waals surface area contributed by atoms with Crippen molar-refractivity contribution in [3.8, 4) is 5.75 Å². The van der Waals surface area contributed by atoms with Gasteiger partial charge in [-0.05, 0) is 30.2 Å². The van der Waals surface area contributed by atoms with E-state index in [1.807, 2.05) is 37.3 Å². The molecule has 132 valence electrons. The van der Waals surface area contributed by atoms with Crippen LogP contribution in [0.2, 0.25) is 0 Å². The Morgan fingerprint density at radius 1 is 1.16 bits per heavy atom. The number of nitro benzene ring substituents is 1. The Labute approximate surface area is 146 Å². The molecule has 0 aliphatic heterocycles. The summed E-state index contributed by atoms with van der Waals surface area (Å²) in [5.41, 5.74) is 1.93. The maximum Gasteiger partial charge on any atom is 0.269 e. The van der Waals surface area contributed by atoms with Gasteiger partial charge in [0.15, 0.2) is 5.96 Å². The lowest BCUT2D eigenvalue weighted by Gasteiger charge is -2.12. The molecule has 2 rings (SSSR count). The van der Waals surface area contributed by atoms with Crippen LogP contribution in [-0.2, 0) is 13.1 Å². The van der Waals surface area contributed by atoms with Gasteiger partial charge < -0.3 is 15.4 Å².